The molecule has 31 heavy (non-hydrogen) atoms. The highest BCUT2D eigenvalue weighted by Crippen LogP contribution is 2.53. The number of carbonyl (C=O) groups excluding carboxylic acids is 2. The Labute approximate surface area is 182 Å². The van der Waals surface area contributed by atoms with E-state index in [1.54, 1.807) is 0 Å². The number of anilines is 1. The Morgan fingerprint density at radius 3 is 1.81 bits per heavy atom. The number of benzene rings is 4. The first-order chi connectivity index (χ1) is 15.3. The fourth-order valence-electron chi connectivity index (χ4n) is 4.65. The average Bonchev–Trinajstić information content (AvgIpc) is 2.81. The van der Waals surface area contributed by atoms with Gasteiger partial charge in [-0.2, -0.15) is 0 Å². The molecule has 1 aliphatic carbocycles. The highest BCUT2D eigenvalue weighted by molar-refractivity contribution is 6.03. The summed E-state index contributed by atoms with van der Waals surface area (Å²) in [7, 11) is 0. The fraction of sp³-hybridized carbons (Fsp3) is 0.143. The molecule has 0 saturated heterocycles. The third-order valence-electron chi connectivity index (χ3n) is 6.18. The lowest BCUT2D eigenvalue weighted by atomic mass is 9.59. The maximum absolute atomic E-state index is 13.5. The molecule has 0 aliphatic heterocycles. The van der Waals surface area contributed by atoms with Crippen LogP contribution in [0.1, 0.15) is 29.4 Å². The quantitative estimate of drug-likeness (QED) is 0.439. The molecule has 1 fully saturated rings. The molecule has 3 nitrogen and oxygen atoms in total. The lowest BCUT2D eigenvalue weighted by Crippen LogP contribution is -2.42. The SMILES string of the molecule is C=O.O=C(Nc1cccc2ccccc12)C1[C@@H](c2ccccc2)C[C@@H]1c1ccccc1. The molecule has 0 radical (unpaired) electrons. The van der Waals surface area contributed by atoms with Crippen molar-refractivity contribution in [3.05, 3.63) is 114 Å². The molecule has 2 atom stereocenters. The van der Waals surface area contributed by atoms with Crippen molar-refractivity contribution in [2.75, 3.05) is 5.32 Å². The van der Waals surface area contributed by atoms with Crippen LogP contribution < -0.4 is 5.32 Å². The van der Waals surface area contributed by atoms with E-state index in [4.69, 9.17) is 4.79 Å². The van der Waals surface area contributed by atoms with E-state index in [2.05, 4.69) is 72.0 Å². The summed E-state index contributed by atoms with van der Waals surface area (Å²) in [5.74, 6) is 0.529. The third-order valence-corrected chi connectivity index (χ3v) is 6.18. The van der Waals surface area contributed by atoms with Crippen molar-refractivity contribution >= 4 is 29.2 Å². The van der Waals surface area contributed by atoms with Crippen molar-refractivity contribution in [3.63, 3.8) is 0 Å². The highest BCUT2D eigenvalue weighted by atomic mass is 16.2. The standard InChI is InChI=1S/C27H23NO.CH2O/c29-27(28-25-17-9-15-19-14-7-8-16-22(19)25)26-23(20-10-3-1-4-11-20)18-24(26)21-12-5-2-6-13-21;1-2/h1-17,23-24,26H,18H2,(H,28,29);1H2/t23-,24-;/m1./s1. The van der Waals surface area contributed by atoms with E-state index in [9.17, 15) is 4.79 Å². The monoisotopic (exact) mass is 407 g/mol. The Morgan fingerprint density at radius 1 is 0.677 bits per heavy atom. The Morgan fingerprint density at radius 2 is 1.19 bits per heavy atom. The summed E-state index contributed by atoms with van der Waals surface area (Å²) in [6, 6.07) is 35.1. The minimum absolute atomic E-state index is 0.0706. The van der Waals surface area contributed by atoms with Gasteiger partial charge < -0.3 is 10.1 Å². The lowest BCUT2D eigenvalue weighted by molar-refractivity contribution is -0.124. The van der Waals surface area contributed by atoms with Crippen molar-refractivity contribution in [2.24, 2.45) is 5.92 Å². The van der Waals surface area contributed by atoms with Gasteiger partial charge in [0.15, 0.2) is 0 Å². The van der Waals surface area contributed by atoms with Gasteiger partial charge in [0, 0.05) is 11.1 Å². The summed E-state index contributed by atoms with van der Waals surface area (Å²) in [6.07, 6.45) is 1.00. The van der Waals surface area contributed by atoms with Crippen LogP contribution in [0.25, 0.3) is 10.8 Å². The largest absolute Gasteiger partial charge is 0.325 e. The van der Waals surface area contributed by atoms with Gasteiger partial charge in [0.2, 0.25) is 5.91 Å². The number of carbonyl (C=O) groups is 2. The van der Waals surface area contributed by atoms with Crippen LogP contribution in [0.5, 0.6) is 0 Å². The van der Waals surface area contributed by atoms with E-state index in [-0.39, 0.29) is 23.7 Å². The van der Waals surface area contributed by atoms with Crippen molar-refractivity contribution in [1.29, 1.82) is 0 Å². The highest BCUT2D eigenvalue weighted by Gasteiger charge is 2.46. The van der Waals surface area contributed by atoms with Gasteiger partial charge in [-0.25, -0.2) is 0 Å². The Kier molecular flexibility index (Phi) is 6.23. The van der Waals surface area contributed by atoms with Crippen LogP contribution in [-0.4, -0.2) is 12.7 Å². The number of hydrogen-bond donors (Lipinski definition) is 1. The van der Waals surface area contributed by atoms with E-state index in [1.807, 2.05) is 43.2 Å². The third kappa shape index (κ3) is 4.13. The maximum Gasteiger partial charge on any atom is 0.228 e. The summed E-state index contributed by atoms with van der Waals surface area (Å²) in [4.78, 5) is 21.5. The molecular formula is C28H25NO2. The van der Waals surface area contributed by atoms with Crippen LogP contribution in [0.15, 0.2) is 103 Å². The van der Waals surface area contributed by atoms with Crippen LogP contribution in [-0.2, 0) is 9.59 Å². The molecule has 4 aromatic rings. The number of amides is 1. The molecule has 3 heteroatoms. The van der Waals surface area contributed by atoms with Crippen LogP contribution in [0, 0.1) is 5.92 Å². The second-order valence-corrected chi connectivity index (χ2v) is 7.81. The number of rotatable bonds is 4. The summed E-state index contributed by atoms with van der Waals surface area (Å²) < 4.78 is 0. The van der Waals surface area contributed by atoms with Crippen molar-refractivity contribution in [3.8, 4) is 0 Å². The second-order valence-electron chi connectivity index (χ2n) is 7.81. The predicted molar refractivity (Wildman–Crippen MR) is 126 cm³/mol. The minimum atomic E-state index is -0.0706. The second kappa shape index (κ2) is 9.40. The molecule has 0 heterocycles. The maximum atomic E-state index is 13.5. The van der Waals surface area contributed by atoms with Crippen molar-refractivity contribution < 1.29 is 9.59 Å². The van der Waals surface area contributed by atoms with Crippen LogP contribution in [0.4, 0.5) is 5.69 Å². The van der Waals surface area contributed by atoms with E-state index in [0.717, 1.165) is 22.9 Å². The van der Waals surface area contributed by atoms with Crippen LogP contribution in [0.2, 0.25) is 0 Å². The number of hydrogen-bond acceptors (Lipinski definition) is 2. The van der Waals surface area contributed by atoms with Gasteiger partial charge >= 0.3 is 0 Å². The number of fused-ring (bicyclic) bond motifs is 1. The zero-order valence-electron chi connectivity index (χ0n) is 17.3. The van der Waals surface area contributed by atoms with Gasteiger partial charge in [-0.3, -0.25) is 4.79 Å². The van der Waals surface area contributed by atoms with E-state index in [1.165, 1.54) is 11.1 Å². The summed E-state index contributed by atoms with van der Waals surface area (Å²) in [6.45, 7) is 2.00. The molecule has 0 spiro atoms. The molecule has 5 rings (SSSR count). The molecule has 1 saturated carbocycles. The first-order valence-corrected chi connectivity index (χ1v) is 10.5. The smallest absolute Gasteiger partial charge is 0.228 e. The number of nitrogens with one attached hydrogen (secondary N) is 1. The van der Waals surface area contributed by atoms with E-state index in [0.29, 0.717) is 0 Å². The first-order valence-electron chi connectivity index (χ1n) is 10.5. The Bertz CT molecular complexity index is 1110. The molecule has 1 N–H and O–H groups in total. The summed E-state index contributed by atoms with van der Waals surface area (Å²) in [5.41, 5.74) is 3.38. The molecular weight excluding hydrogens is 382 g/mol. The minimum Gasteiger partial charge on any atom is -0.325 e. The van der Waals surface area contributed by atoms with Gasteiger partial charge in [0.1, 0.15) is 6.79 Å². The molecule has 0 unspecified atom stereocenters. The van der Waals surface area contributed by atoms with Gasteiger partial charge in [-0.05, 0) is 40.8 Å². The van der Waals surface area contributed by atoms with Gasteiger partial charge in [0.05, 0.1) is 5.92 Å². The Balaban J connectivity index is 0.00000112. The molecule has 1 amide bonds. The molecule has 0 aromatic heterocycles. The van der Waals surface area contributed by atoms with Crippen molar-refractivity contribution in [2.45, 2.75) is 18.3 Å². The van der Waals surface area contributed by atoms with Gasteiger partial charge in [0.25, 0.3) is 0 Å². The average molecular weight is 408 g/mol. The Hall–Kier alpha value is -3.72. The summed E-state index contributed by atoms with van der Waals surface area (Å²) in [5, 5.41) is 5.46. The zero-order valence-corrected chi connectivity index (χ0v) is 17.3. The summed E-state index contributed by atoms with van der Waals surface area (Å²) >= 11 is 0. The van der Waals surface area contributed by atoms with Gasteiger partial charge in [-0.1, -0.05) is 97.1 Å². The topological polar surface area (TPSA) is 46.2 Å². The fourth-order valence-corrected chi connectivity index (χ4v) is 4.65. The molecule has 1 aliphatic rings. The molecule has 4 aromatic carbocycles. The zero-order chi connectivity index (χ0) is 21.6. The normalized spacial score (nSPS) is 17.8. The molecule has 154 valence electrons. The predicted octanol–water partition coefficient (Wildman–Crippen LogP) is 6.18. The van der Waals surface area contributed by atoms with Gasteiger partial charge in [-0.15, -0.1) is 0 Å². The lowest BCUT2D eigenvalue weighted by Gasteiger charge is -2.44. The first kappa shape index (κ1) is 20.5. The molecule has 0 bridgehead atoms. The van der Waals surface area contributed by atoms with Crippen molar-refractivity contribution in [1.82, 2.24) is 0 Å². The van der Waals surface area contributed by atoms with Crippen LogP contribution >= 0.6 is 0 Å². The van der Waals surface area contributed by atoms with E-state index >= 15 is 0 Å². The van der Waals surface area contributed by atoms with Crippen LogP contribution in [0.3, 0.4) is 0 Å². The van der Waals surface area contributed by atoms with E-state index < -0.39 is 0 Å².